The van der Waals surface area contributed by atoms with Gasteiger partial charge in [-0.1, -0.05) is 32.6 Å². The van der Waals surface area contributed by atoms with Crippen LogP contribution in [0.3, 0.4) is 0 Å². The molecule has 1 unspecified atom stereocenters. The molecule has 1 aliphatic heterocycles. The number of methoxy groups -OCH3 is 1. The van der Waals surface area contributed by atoms with Crippen molar-refractivity contribution in [3.05, 3.63) is 0 Å². The van der Waals surface area contributed by atoms with Crippen LogP contribution in [0.5, 0.6) is 0 Å². The fourth-order valence-electron chi connectivity index (χ4n) is 4.04. The van der Waals surface area contributed by atoms with E-state index in [0.717, 1.165) is 12.6 Å². The molecule has 3 nitrogen and oxygen atoms in total. The molecule has 0 radical (unpaired) electrons. The normalized spacial score (nSPS) is 27.0. The predicted octanol–water partition coefficient (Wildman–Crippen LogP) is 3.19. The summed E-state index contributed by atoms with van der Waals surface area (Å²) in [6, 6.07) is 0.759. The Kier molecular flexibility index (Phi) is 6.79. The lowest BCUT2D eigenvalue weighted by Gasteiger charge is -2.50. The van der Waals surface area contributed by atoms with Gasteiger partial charge in [-0.3, -0.25) is 4.90 Å². The summed E-state index contributed by atoms with van der Waals surface area (Å²) in [6.07, 6.45) is 12.2. The number of nitrogens with one attached hydrogen (secondary N) is 1. The molecule has 20 heavy (non-hydrogen) atoms. The van der Waals surface area contributed by atoms with Gasteiger partial charge in [0, 0.05) is 38.4 Å². The molecule has 1 atom stereocenters. The van der Waals surface area contributed by atoms with E-state index in [0.29, 0.717) is 5.54 Å². The molecule has 0 bridgehead atoms. The number of piperazine rings is 1. The average molecular weight is 282 g/mol. The van der Waals surface area contributed by atoms with E-state index in [1.165, 1.54) is 77.4 Å². The molecule has 3 heteroatoms. The van der Waals surface area contributed by atoms with Crippen molar-refractivity contribution < 1.29 is 4.74 Å². The first-order valence-electron chi connectivity index (χ1n) is 8.78. The molecule has 1 aliphatic carbocycles. The molecule has 2 aliphatic rings. The van der Waals surface area contributed by atoms with E-state index in [-0.39, 0.29) is 0 Å². The summed E-state index contributed by atoms with van der Waals surface area (Å²) in [7, 11) is 1.81. The predicted molar refractivity (Wildman–Crippen MR) is 85.2 cm³/mol. The Bertz CT molecular complexity index is 264. The zero-order chi connectivity index (χ0) is 14.3. The van der Waals surface area contributed by atoms with E-state index in [1.54, 1.807) is 0 Å². The van der Waals surface area contributed by atoms with Gasteiger partial charge in [0.25, 0.3) is 0 Å². The zero-order valence-electron chi connectivity index (χ0n) is 13.6. The van der Waals surface area contributed by atoms with Crippen LogP contribution in [0.4, 0.5) is 0 Å². The Balaban J connectivity index is 1.87. The first-order chi connectivity index (χ1) is 9.79. The fraction of sp³-hybridized carbons (Fsp3) is 1.00. The van der Waals surface area contributed by atoms with Crippen LogP contribution >= 0.6 is 0 Å². The Labute approximate surface area is 125 Å². The van der Waals surface area contributed by atoms with Crippen LogP contribution < -0.4 is 5.32 Å². The van der Waals surface area contributed by atoms with Gasteiger partial charge in [0.05, 0.1) is 0 Å². The minimum absolute atomic E-state index is 0.448. The molecule has 0 aromatic heterocycles. The Morgan fingerprint density at radius 2 is 2.00 bits per heavy atom. The van der Waals surface area contributed by atoms with E-state index in [2.05, 4.69) is 17.1 Å². The van der Waals surface area contributed by atoms with Crippen molar-refractivity contribution in [1.29, 1.82) is 0 Å². The average Bonchev–Trinajstić information content (AvgIpc) is 2.47. The summed E-state index contributed by atoms with van der Waals surface area (Å²) >= 11 is 0. The Morgan fingerprint density at radius 1 is 1.20 bits per heavy atom. The maximum Gasteiger partial charge on any atom is 0.0462 e. The molecule has 1 saturated heterocycles. The number of nitrogens with zero attached hydrogens (tertiary/aromatic N) is 1. The molecular weight excluding hydrogens is 248 g/mol. The molecular formula is C17H34N2O. The standard InChI is InChI=1S/C17H34N2O/c1-3-9-16-14-18-17(10-5-4-6-11-17)15-19(16)12-7-8-13-20-2/h16,18H,3-15H2,1-2H3. The van der Waals surface area contributed by atoms with Crippen molar-refractivity contribution in [2.75, 3.05) is 33.4 Å². The van der Waals surface area contributed by atoms with Crippen LogP contribution in [0.2, 0.25) is 0 Å². The summed E-state index contributed by atoms with van der Waals surface area (Å²) in [5.74, 6) is 0. The van der Waals surface area contributed by atoms with Crippen LogP contribution in [0.1, 0.15) is 64.7 Å². The van der Waals surface area contributed by atoms with Crippen LogP contribution in [-0.4, -0.2) is 49.8 Å². The van der Waals surface area contributed by atoms with E-state index < -0.39 is 0 Å². The second kappa shape index (κ2) is 8.35. The molecule has 1 heterocycles. The highest BCUT2D eigenvalue weighted by Crippen LogP contribution is 2.32. The quantitative estimate of drug-likeness (QED) is 0.726. The van der Waals surface area contributed by atoms with Crippen LogP contribution in [0, 0.1) is 0 Å². The van der Waals surface area contributed by atoms with Crippen LogP contribution in [0.15, 0.2) is 0 Å². The summed E-state index contributed by atoms with van der Waals surface area (Å²) in [6.45, 7) is 6.98. The van der Waals surface area contributed by atoms with Gasteiger partial charge in [0.1, 0.15) is 0 Å². The number of ether oxygens (including phenoxy) is 1. The molecule has 0 aromatic carbocycles. The van der Waals surface area contributed by atoms with Crippen LogP contribution in [0.25, 0.3) is 0 Å². The molecule has 1 saturated carbocycles. The third-order valence-corrected chi connectivity index (χ3v) is 5.21. The third-order valence-electron chi connectivity index (χ3n) is 5.21. The van der Waals surface area contributed by atoms with Crippen molar-refractivity contribution in [1.82, 2.24) is 10.2 Å². The number of hydrogen-bond acceptors (Lipinski definition) is 3. The van der Waals surface area contributed by atoms with Gasteiger partial charge in [-0.2, -0.15) is 0 Å². The van der Waals surface area contributed by atoms with Gasteiger partial charge in [0.15, 0.2) is 0 Å². The monoisotopic (exact) mass is 282 g/mol. The van der Waals surface area contributed by atoms with E-state index in [4.69, 9.17) is 4.74 Å². The fourth-order valence-corrected chi connectivity index (χ4v) is 4.04. The lowest BCUT2D eigenvalue weighted by molar-refractivity contribution is 0.0490. The van der Waals surface area contributed by atoms with E-state index >= 15 is 0 Å². The molecule has 0 aromatic rings. The maximum absolute atomic E-state index is 5.18. The third kappa shape index (κ3) is 4.44. The van der Waals surface area contributed by atoms with Gasteiger partial charge in [0.2, 0.25) is 0 Å². The van der Waals surface area contributed by atoms with Crippen molar-refractivity contribution in [2.45, 2.75) is 76.3 Å². The molecule has 1 spiro atoms. The van der Waals surface area contributed by atoms with Crippen molar-refractivity contribution in [2.24, 2.45) is 0 Å². The van der Waals surface area contributed by atoms with E-state index in [1.807, 2.05) is 7.11 Å². The number of hydrogen-bond donors (Lipinski definition) is 1. The first kappa shape index (κ1) is 16.3. The zero-order valence-corrected chi connectivity index (χ0v) is 13.6. The molecule has 118 valence electrons. The summed E-state index contributed by atoms with van der Waals surface area (Å²) in [5, 5.41) is 3.93. The minimum atomic E-state index is 0.448. The Hall–Kier alpha value is -0.120. The lowest BCUT2D eigenvalue weighted by Crippen LogP contribution is -2.64. The lowest BCUT2D eigenvalue weighted by atomic mass is 9.79. The van der Waals surface area contributed by atoms with Crippen LogP contribution in [-0.2, 0) is 4.74 Å². The summed E-state index contributed by atoms with van der Waals surface area (Å²) in [5.41, 5.74) is 0.448. The number of rotatable bonds is 7. The highest BCUT2D eigenvalue weighted by atomic mass is 16.5. The van der Waals surface area contributed by atoms with Gasteiger partial charge in [-0.15, -0.1) is 0 Å². The van der Waals surface area contributed by atoms with Crippen molar-refractivity contribution >= 4 is 0 Å². The smallest absolute Gasteiger partial charge is 0.0462 e. The highest BCUT2D eigenvalue weighted by Gasteiger charge is 2.39. The summed E-state index contributed by atoms with van der Waals surface area (Å²) < 4.78 is 5.18. The SMILES string of the molecule is CCCC1CNC2(CCCCC2)CN1CCCCOC. The maximum atomic E-state index is 5.18. The summed E-state index contributed by atoms with van der Waals surface area (Å²) in [4.78, 5) is 2.79. The topological polar surface area (TPSA) is 24.5 Å². The van der Waals surface area contributed by atoms with Gasteiger partial charge < -0.3 is 10.1 Å². The molecule has 0 amide bonds. The van der Waals surface area contributed by atoms with Crippen molar-refractivity contribution in [3.8, 4) is 0 Å². The largest absolute Gasteiger partial charge is 0.385 e. The van der Waals surface area contributed by atoms with Gasteiger partial charge in [-0.05, 0) is 38.6 Å². The second-order valence-electron chi connectivity index (χ2n) is 6.83. The molecule has 1 N–H and O–H groups in total. The first-order valence-corrected chi connectivity index (χ1v) is 8.78. The Morgan fingerprint density at radius 3 is 2.70 bits per heavy atom. The van der Waals surface area contributed by atoms with Gasteiger partial charge >= 0.3 is 0 Å². The second-order valence-corrected chi connectivity index (χ2v) is 6.83. The highest BCUT2D eigenvalue weighted by molar-refractivity contribution is 4.99. The minimum Gasteiger partial charge on any atom is -0.385 e. The number of unbranched alkanes of at least 4 members (excludes halogenated alkanes) is 1. The van der Waals surface area contributed by atoms with Crippen molar-refractivity contribution in [3.63, 3.8) is 0 Å². The molecule has 2 rings (SSSR count). The van der Waals surface area contributed by atoms with E-state index in [9.17, 15) is 0 Å². The molecule has 2 fully saturated rings. The van der Waals surface area contributed by atoms with Gasteiger partial charge in [-0.25, -0.2) is 0 Å².